The van der Waals surface area contributed by atoms with E-state index in [1.807, 2.05) is 0 Å². The lowest BCUT2D eigenvalue weighted by Gasteiger charge is -1.99. The molecular weight excluding hydrogens is 190 g/mol. The summed E-state index contributed by atoms with van der Waals surface area (Å²) in [6, 6.07) is 0. The van der Waals surface area contributed by atoms with Crippen molar-refractivity contribution in [2.75, 3.05) is 0 Å². The number of halogens is 3. The molecule has 0 unspecified atom stereocenters. The van der Waals surface area contributed by atoms with Gasteiger partial charge in [-0.05, 0) is 18.0 Å². The van der Waals surface area contributed by atoms with Gasteiger partial charge in [0.15, 0.2) is 11.0 Å². The van der Waals surface area contributed by atoms with Crippen LogP contribution in [0.4, 0.5) is 4.39 Å². The zero-order chi connectivity index (χ0) is 10.9. The van der Waals surface area contributed by atoms with E-state index in [-0.39, 0.29) is 11.0 Å². The molecule has 0 aromatic carbocycles. The van der Waals surface area contributed by atoms with Gasteiger partial charge in [0.25, 0.3) is 0 Å². The Labute approximate surface area is 77.6 Å². The Morgan fingerprint density at radius 3 is 2.91 bits per heavy atom. The second kappa shape index (κ2) is 3.32. The highest BCUT2D eigenvalue weighted by molar-refractivity contribution is 6.31. The van der Waals surface area contributed by atoms with Crippen molar-refractivity contribution in [3.8, 4) is 0 Å². The summed E-state index contributed by atoms with van der Waals surface area (Å²) < 4.78 is 33.9. The number of hydrogen-bond donors (Lipinski definition) is 0. The van der Waals surface area contributed by atoms with E-state index in [0.29, 0.717) is 0 Å². The number of aromatic nitrogens is 2. The van der Waals surface area contributed by atoms with Crippen LogP contribution in [0.25, 0.3) is 0 Å². The molecule has 0 atom stereocenters. The largest absolute Gasteiger partial charge is 0.224 e. The van der Waals surface area contributed by atoms with E-state index in [1.54, 1.807) is 0 Å². The van der Waals surface area contributed by atoms with Crippen LogP contribution in [-0.4, -0.2) is 9.97 Å². The highest BCUT2D eigenvalue weighted by atomic mass is 35.5. The Hall–Kier alpha value is -0.410. The van der Waals surface area contributed by atoms with Crippen molar-refractivity contribution in [3.63, 3.8) is 0 Å². The molecule has 1 heterocycles. The van der Waals surface area contributed by atoms with Crippen LogP contribution < -0.4 is 0 Å². The minimum absolute atomic E-state index is 0.268. The van der Waals surface area contributed by atoms with Gasteiger partial charge in [-0.15, -0.1) is 0 Å². The van der Waals surface area contributed by atoms with E-state index < -0.39 is 24.2 Å². The summed E-state index contributed by atoms with van der Waals surface area (Å²) in [5.74, 6) is -0.938. The van der Waals surface area contributed by atoms with Gasteiger partial charge in [0.05, 0.1) is 5.69 Å². The normalized spacial score (nSPS) is 15.4. The molecule has 0 saturated heterocycles. The van der Waals surface area contributed by atoms with Gasteiger partial charge in [0, 0.05) is 4.11 Å². The molecule has 11 heavy (non-hydrogen) atoms. The minimum Gasteiger partial charge on any atom is -0.220 e. The van der Waals surface area contributed by atoms with Crippen molar-refractivity contribution in [1.29, 1.82) is 0 Å². The predicted molar refractivity (Wildman–Crippen MR) is 41.4 cm³/mol. The maximum Gasteiger partial charge on any atom is 0.224 e. The van der Waals surface area contributed by atoms with Crippen molar-refractivity contribution in [2.24, 2.45) is 0 Å². The van der Waals surface area contributed by atoms with E-state index >= 15 is 0 Å². The van der Waals surface area contributed by atoms with Gasteiger partial charge >= 0.3 is 0 Å². The Kier molecular flexibility index (Phi) is 1.59. The average Bonchev–Trinajstić information content (AvgIpc) is 1.96. The second-order valence-electron chi connectivity index (χ2n) is 1.72. The van der Waals surface area contributed by atoms with E-state index in [2.05, 4.69) is 9.97 Å². The second-order valence-corrected chi connectivity index (χ2v) is 2.42. The molecule has 5 heteroatoms. The van der Waals surface area contributed by atoms with Gasteiger partial charge in [-0.3, -0.25) is 0 Å². The Balaban J connectivity index is 3.09. The zero-order valence-corrected chi connectivity index (χ0v) is 6.75. The lowest BCUT2D eigenvalue weighted by atomic mass is 10.3. The molecule has 0 amide bonds. The molecule has 1 rings (SSSR count). The highest BCUT2D eigenvalue weighted by Crippen LogP contribution is 2.16. The molecule has 2 nitrogen and oxygen atoms in total. The number of nitrogens with zero attached hydrogens (tertiary/aromatic N) is 2. The van der Waals surface area contributed by atoms with Crippen LogP contribution in [0.5, 0.6) is 0 Å². The summed E-state index contributed by atoms with van der Waals surface area (Å²) in [4.78, 5) is 6.78. The van der Waals surface area contributed by atoms with Gasteiger partial charge in [0.2, 0.25) is 5.28 Å². The fourth-order valence-corrected chi connectivity index (χ4v) is 0.971. The van der Waals surface area contributed by atoms with Crippen molar-refractivity contribution in [3.05, 3.63) is 21.9 Å². The summed E-state index contributed by atoms with van der Waals surface area (Å²) >= 11 is 10.7. The van der Waals surface area contributed by atoms with E-state index in [4.69, 9.17) is 27.3 Å². The zero-order valence-electron chi connectivity index (χ0n) is 8.24. The van der Waals surface area contributed by atoms with Crippen molar-refractivity contribution >= 4 is 23.2 Å². The predicted octanol–water partition coefficient (Wildman–Crippen LogP) is 2.48. The molecule has 0 saturated carbocycles. The van der Waals surface area contributed by atoms with Gasteiger partial charge < -0.3 is 0 Å². The van der Waals surface area contributed by atoms with Crippen LogP contribution >= 0.6 is 23.2 Å². The lowest BCUT2D eigenvalue weighted by Crippen LogP contribution is -1.97. The molecule has 0 bridgehead atoms. The number of hydrogen-bond acceptors (Lipinski definition) is 2. The summed E-state index contributed by atoms with van der Waals surface area (Å²) in [6.45, 7) is -2.32. The molecule has 0 aliphatic heterocycles. The molecule has 0 N–H and O–H groups in total. The van der Waals surface area contributed by atoms with Crippen LogP contribution in [0.1, 0.15) is 16.7 Å². The molecule has 1 aromatic rings. The number of aryl methyl sites for hydroxylation is 1. The fourth-order valence-electron chi connectivity index (χ4n) is 0.552. The SMILES string of the molecule is [2H]C([2H])([2H])Cc1nc(Cl)nc(Cl)c1F. The molecule has 0 aliphatic carbocycles. The van der Waals surface area contributed by atoms with Crippen molar-refractivity contribution in [1.82, 2.24) is 9.97 Å². The van der Waals surface area contributed by atoms with E-state index in [0.717, 1.165) is 0 Å². The lowest BCUT2D eigenvalue weighted by molar-refractivity contribution is 0.594. The first kappa shape index (κ1) is 5.27. The van der Waals surface area contributed by atoms with Crippen molar-refractivity contribution in [2.45, 2.75) is 13.3 Å². The van der Waals surface area contributed by atoms with Crippen LogP contribution in [0.2, 0.25) is 10.4 Å². The third-order valence-corrected chi connectivity index (χ3v) is 1.44. The maximum atomic E-state index is 13.1. The third-order valence-electron chi connectivity index (χ3n) is 1.02. The van der Waals surface area contributed by atoms with Gasteiger partial charge in [0.1, 0.15) is 0 Å². The standard InChI is InChI=1S/C6H5Cl2FN2/c1-2-3-4(9)5(7)11-6(8)10-3/h2H2,1H3/i1D3. The van der Waals surface area contributed by atoms with Crippen LogP contribution in [0.3, 0.4) is 0 Å². The first-order valence-electron chi connectivity index (χ1n) is 4.17. The van der Waals surface area contributed by atoms with Crippen LogP contribution in [0.15, 0.2) is 0 Å². The van der Waals surface area contributed by atoms with E-state index in [9.17, 15) is 4.39 Å². The molecule has 60 valence electrons. The van der Waals surface area contributed by atoms with E-state index in [1.165, 1.54) is 0 Å². The topological polar surface area (TPSA) is 25.8 Å². The fraction of sp³-hybridized carbons (Fsp3) is 0.333. The summed E-state index contributed by atoms with van der Waals surface area (Å²) in [5.41, 5.74) is -0.296. The van der Waals surface area contributed by atoms with Gasteiger partial charge in [-0.2, -0.15) is 0 Å². The Bertz CT molecular complexity index is 356. The van der Waals surface area contributed by atoms with Crippen LogP contribution in [0, 0.1) is 5.82 Å². The minimum atomic E-state index is -2.32. The highest BCUT2D eigenvalue weighted by Gasteiger charge is 2.09. The Morgan fingerprint density at radius 2 is 2.27 bits per heavy atom. The maximum absolute atomic E-state index is 13.1. The monoisotopic (exact) mass is 197 g/mol. The summed E-state index contributed by atoms with van der Waals surface area (Å²) in [6.07, 6.45) is -0.527. The molecule has 0 spiro atoms. The molecule has 0 radical (unpaired) electrons. The molecule has 1 aromatic heterocycles. The molecule has 0 aliphatic rings. The first-order valence-corrected chi connectivity index (χ1v) is 3.42. The summed E-state index contributed by atoms with van der Waals surface area (Å²) in [5, 5.41) is -0.736. The van der Waals surface area contributed by atoms with Crippen molar-refractivity contribution < 1.29 is 8.50 Å². The quantitative estimate of drug-likeness (QED) is 0.511. The molecule has 0 fully saturated rings. The average molecular weight is 198 g/mol. The number of rotatable bonds is 1. The van der Waals surface area contributed by atoms with Gasteiger partial charge in [-0.25, -0.2) is 14.4 Å². The third kappa shape index (κ3) is 1.79. The smallest absolute Gasteiger partial charge is 0.220 e. The molecular formula is C6H5Cl2FN2. The van der Waals surface area contributed by atoms with Crippen LogP contribution in [-0.2, 0) is 6.42 Å². The van der Waals surface area contributed by atoms with Gasteiger partial charge in [-0.1, -0.05) is 18.5 Å². The first-order chi connectivity index (χ1) is 6.29. The summed E-state index contributed by atoms with van der Waals surface area (Å²) in [7, 11) is 0. The Morgan fingerprint density at radius 1 is 1.55 bits per heavy atom.